The fourth-order valence-corrected chi connectivity index (χ4v) is 3.99. The number of pyridine rings is 1. The van der Waals surface area contributed by atoms with Crippen LogP contribution in [0.25, 0.3) is 22.2 Å². The molecule has 0 unspecified atom stereocenters. The molecule has 0 aliphatic heterocycles. The van der Waals surface area contributed by atoms with Crippen molar-refractivity contribution in [3.05, 3.63) is 72.9 Å². The Hall–Kier alpha value is -3.19. The second kappa shape index (κ2) is 6.27. The van der Waals surface area contributed by atoms with Gasteiger partial charge in [0, 0.05) is 22.8 Å². The third kappa shape index (κ3) is 3.04. The van der Waals surface area contributed by atoms with E-state index in [0.29, 0.717) is 17.0 Å². The van der Waals surface area contributed by atoms with Gasteiger partial charge >= 0.3 is 0 Å². The summed E-state index contributed by atoms with van der Waals surface area (Å²) in [5, 5.41) is 0.781. The number of aryl methyl sites for hydroxylation is 1. The summed E-state index contributed by atoms with van der Waals surface area (Å²) in [5.41, 5.74) is 2.58. The van der Waals surface area contributed by atoms with Crippen molar-refractivity contribution in [2.75, 3.05) is 4.72 Å². The highest BCUT2D eigenvalue weighted by Gasteiger charge is 2.19. The first-order chi connectivity index (χ1) is 12.5. The Bertz CT molecular complexity index is 1190. The van der Waals surface area contributed by atoms with Gasteiger partial charge in [-0.15, -0.1) is 0 Å². The summed E-state index contributed by atoms with van der Waals surface area (Å²) in [6.07, 6.45) is 4.56. The fraction of sp³-hybridized carbons (Fsp3) is 0.0526. The maximum Gasteiger partial charge on any atom is 0.264 e. The maximum absolute atomic E-state index is 12.9. The molecule has 0 radical (unpaired) electrons. The summed E-state index contributed by atoms with van der Waals surface area (Å²) < 4.78 is 33.7. The van der Waals surface area contributed by atoms with E-state index >= 15 is 0 Å². The molecule has 0 amide bonds. The monoisotopic (exact) mass is 365 g/mol. The van der Waals surface area contributed by atoms with Crippen LogP contribution >= 0.6 is 0 Å². The highest BCUT2D eigenvalue weighted by molar-refractivity contribution is 7.93. The lowest BCUT2D eigenvalue weighted by molar-refractivity contribution is 0.572. The first-order valence-corrected chi connectivity index (χ1v) is 9.38. The molecular formula is C19H15N3O3S. The highest BCUT2D eigenvalue weighted by atomic mass is 32.2. The number of hydrogen-bond acceptors (Lipinski definition) is 5. The largest absolute Gasteiger partial charge is 0.444 e. The molecule has 0 fully saturated rings. The second-order valence-electron chi connectivity index (χ2n) is 5.89. The lowest BCUT2D eigenvalue weighted by atomic mass is 10.2. The number of hydrogen-bond donors (Lipinski definition) is 1. The lowest BCUT2D eigenvalue weighted by Gasteiger charge is -2.11. The van der Waals surface area contributed by atoms with Crippen molar-refractivity contribution >= 4 is 26.6 Å². The molecule has 0 saturated carbocycles. The van der Waals surface area contributed by atoms with Gasteiger partial charge in [-0.1, -0.05) is 24.3 Å². The molecule has 4 aromatic rings. The Kier molecular flexibility index (Phi) is 3.93. The van der Waals surface area contributed by atoms with Crippen molar-refractivity contribution in [3.8, 4) is 11.3 Å². The van der Waals surface area contributed by atoms with Gasteiger partial charge in [-0.3, -0.25) is 9.71 Å². The van der Waals surface area contributed by atoms with Crippen LogP contribution in [0.15, 0.2) is 76.6 Å². The Morgan fingerprint density at radius 2 is 1.88 bits per heavy atom. The quantitative estimate of drug-likeness (QED) is 0.591. The van der Waals surface area contributed by atoms with E-state index in [0.717, 1.165) is 16.5 Å². The van der Waals surface area contributed by atoms with E-state index in [4.69, 9.17) is 4.42 Å². The highest BCUT2D eigenvalue weighted by Crippen LogP contribution is 2.26. The molecule has 0 aliphatic carbocycles. The van der Waals surface area contributed by atoms with E-state index in [9.17, 15) is 8.42 Å². The Balaban J connectivity index is 1.74. The molecule has 2 heterocycles. The van der Waals surface area contributed by atoms with Gasteiger partial charge in [-0.2, -0.15) is 0 Å². The molecule has 26 heavy (non-hydrogen) atoms. The van der Waals surface area contributed by atoms with Crippen LogP contribution in [0.2, 0.25) is 0 Å². The molecule has 7 heteroatoms. The van der Waals surface area contributed by atoms with Crippen LogP contribution in [0.3, 0.4) is 0 Å². The summed E-state index contributed by atoms with van der Waals surface area (Å²) in [7, 11) is -3.80. The predicted molar refractivity (Wildman–Crippen MR) is 99.2 cm³/mol. The van der Waals surface area contributed by atoms with Gasteiger partial charge in [0.25, 0.3) is 10.0 Å². The number of benzene rings is 2. The Morgan fingerprint density at radius 1 is 1.04 bits per heavy atom. The zero-order valence-electron chi connectivity index (χ0n) is 13.9. The van der Waals surface area contributed by atoms with Crippen LogP contribution in [-0.4, -0.2) is 18.4 Å². The predicted octanol–water partition coefficient (Wildman–Crippen LogP) is 4.00. The number of anilines is 1. The zero-order valence-corrected chi connectivity index (χ0v) is 14.7. The molecule has 2 aromatic heterocycles. The number of aromatic nitrogens is 2. The van der Waals surface area contributed by atoms with Crippen LogP contribution in [0.5, 0.6) is 0 Å². The minimum Gasteiger partial charge on any atom is -0.444 e. The Morgan fingerprint density at radius 3 is 2.69 bits per heavy atom. The van der Waals surface area contributed by atoms with E-state index in [1.165, 1.54) is 6.39 Å². The minimum atomic E-state index is -3.80. The lowest BCUT2D eigenvalue weighted by Crippen LogP contribution is -2.13. The van der Waals surface area contributed by atoms with Crippen molar-refractivity contribution in [1.29, 1.82) is 0 Å². The van der Waals surface area contributed by atoms with Gasteiger partial charge in [-0.25, -0.2) is 13.4 Å². The topological polar surface area (TPSA) is 85.1 Å². The molecule has 0 spiro atoms. The van der Waals surface area contributed by atoms with E-state index in [2.05, 4.69) is 14.7 Å². The van der Waals surface area contributed by atoms with Crippen LogP contribution in [0.4, 0.5) is 5.69 Å². The SMILES string of the molecule is Cc1cnc2c(S(=O)(=O)Nc3cccc(-c4cnco4)c3)cccc2c1. The van der Waals surface area contributed by atoms with Crippen LogP contribution < -0.4 is 4.72 Å². The number of rotatable bonds is 4. The molecule has 6 nitrogen and oxygen atoms in total. The van der Waals surface area contributed by atoms with Crippen LogP contribution in [-0.2, 0) is 10.0 Å². The molecule has 0 aliphatic rings. The Labute approximate surface area is 150 Å². The van der Waals surface area contributed by atoms with E-state index in [-0.39, 0.29) is 4.90 Å². The minimum absolute atomic E-state index is 0.139. The molecule has 2 aromatic carbocycles. The maximum atomic E-state index is 12.9. The van der Waals surface area contributed by atoms with Crippen molar-refractivity contribution < 1.29 is 12.8 Å². The summed E-state index contributed by atoms with van der Waals surface area (Å²) >= 11 is 0. The van der Waals surface area contributed by atoms with Crippen molar-refractivity contribution in [3.63, 3.8) is 0 Å². The molecule has 4 rings (SSSR count). The number of sulfonamides is 1. The van der Waals surface area contributed by atoms with Gasteiger partial charge in [0.05, 0.1) is 11.7 Å². The van der Waals surface area contributed by atoms with E-state index in [1.807, 2.05) is 25.1 Å². The molecule has 0 saturated heterocycles. The average molecular weight is 365 g/mol. The first kappa shape index (κ1) is 16.3. The van der Waals surface area contributed by atoms with E-state index < -0.39 is 10.0 Å². The first-order valence-electron chi connectivity index (χ1n) is 7.90. The summed E-state index contributed by atoms with van der Waals surface area (Å²) in [6, 6.07) is 14.0. The number of fused-ring (bicyclic) bond motifs is 1. The smallest absolute Gasteiger partial charge is 0.264 e. The molecule has 1 N–H and O–H groups in total. The van der Waals surface area contributed by atoms with Gasteiger partial charge < -0.3 is 4.42 Å². The van der Waals surface area contributed by atoms with Crippen LogP contribution in [0.1, 0.15) is 5.56 Å². The normalized spacial score (nSPS) is 11.6. The summed E-state index contributed by atoms with van der Waals surface area (Å²) in [4.78, 5) is 8.32. The molecule has 0 atom stereocenters. The van der Waals surface area contributed by atoms with Crippen molar-refractivity contribution in [2.45, 2.75) is 11.8 Å². The number of oxazole rings is 1. The number of para-hydroxylation sites is 1. The average Bonchev–Trinajstić information content (AvgIpc) is 3.15. The van der Waals surface area contributed by atoms with Crippen molar-refractivity contribution in [2.24, 2.45) is 0 Å². The molecular weight excluding hydrogens is 350 g/mol. The van der Waals surface area contributed by atoms with Crippen LogP contribution in [0, 0.1) is 6.92 Å². The van der Waals surface area contributed by atoms with E-state index in [1.54, 1.807) is 42.7 Å². The van der Waals surface area contributed by atoms with Gasteiger partial charge in [0.15, 0.2) is 12.2 Å². The summed E-state index contributed by atoms with van der Waals surface area (Å²) in [6.45, 7) is 1.92. The molecule has 130 valence electrons. The van der Waals surface area contributed by atoms with Gasteiger partial charge in [-0.05, 0) is 36.8 Å². The second-order valence-corrected chi connectivity index (χ2v) is 7.54. The fourth-order valence-electron chi connectivity index (χ4n) is 2.76. The zero-order chi connectivity index (χ0) is 18.1. The number of nitrogens with one attached hydrogen (secondary N) is 1. The third-order valence-electron chi connectivity index (χ3n) is 3.93. The van der Waals surface area contributed by atoms with Gasteiger partial charge in [0.2, 0.25) is 0 Å². The molecule has 0 bridgehead atoms. The summed E-state index contributed by atoms with van der Waals surface area (Å²) in [5.74, 6) is 0.563. The standard InChI is InChI=1S/C19H15N3O3S/c1-13-8-15-5-3-7-18(19(15)21-10-13)26(23,24)22-16-6-2-4-14(9-16)17-11-20-12-25-17/h2-12,22H,1H3. The van der Waals surface area contributed by atoms with Crippen molar-refractivity contribution in [1.82, 2.24) is 9.97 Å². The number of nitrogens with zero attached hydrogens (tertiary/aromatic N) is 2. The van der Waals surface area contributed by atoms with Gasteiger partial charge in [0.1, 0.15) is 4.90 Å². The third-order valence-corrected chi connectivity index (χ3v) is 5.34.